The van der Waals surface area contributed by atoms with E-state index in [9.17, 15) is 5.11 Å². The number of hydrogen-bond donors (Lipinski definition) is 1. The molecular weight excluding hydrogens is 472 g/mol. The predicted molar refractivity (Wildman–Crippen MR) is 176 cm³/mol. The molecule has 0 unspecified atom stereocenters. The molecule has 1 rings (SSSR count). The fourth-order valence-corrected chi connectivity index (χ4v) is 6.57. The van der Waals surface area contributed by atoms with E-state index in [2.05, 4.69) is 60.6 Å². The maximum atomic E-state index is 11.3. The topological polar surface area (TPSA) is 20.2 Å². The minimum absolute atomic E-state index is 0.116. The van der Waals surface area contributed by atoms with Gasteiger partial charge in [0.15, 0.2) is 0 Å². The van der Waals surface area contributed by atoms with Crippen LogP contribution in [0.25, 0.3) is 0 Å². The zero-order valence-corrected chi connectivity index (χ0v) is 27.9. The first-order valence-corrected chi connectivity index (χ1v) is 17.5. The first kappa shape index (κ1) is 36.0. The molecule has 0 fully saturated rings. The molecule has 1 nitrogen and oxygen atoms in total. The average molecular weight is 543 g/mol. The Labute approximate surface area is 246 Å². The summed E-state index contributed by atoms with van der Waals surface area (Å²) in [5.74, 6) is 0.608. The highest BCUT2D eigenvalue weighted by Gasteiger charge is 2.28. The summed E-state index contributed by atoms with van der Waals surface area (Å²) in [5, 5.41) is 11.3. The molecule has 0 saturated heterocycles. The molecule has 0 aliphatic carbocycles. The third-order valence-electron chi connectivity index (χ3n) is 8.62. The molecule has 0 radical (unpaired) electrons. The van der Waals surface area contributed by atoms with Gasteiger partial charge in [-0.1, -0.05) is 176 Å². The van der Waals surface area contributed by atoms with Gasteiger partial charge < -0.3 is 5.11 Å². The van der Waals surface area contributed by atoms with Crippen molar-refractivity contribution in [2.45, 2.75) is 202 Å². The molecule has 0 atom stereocenters. The van der Waals surface area contributed by atoms with Crippen molar-refractivity contribution in [1.82, 2.24) is 0 Å². The summed E-state index contributed by atoms with van der Waals surface area (Å²) < 4.78 is 0. The Balaban J connectivity index is 2.64. The lowest BCUT2D eigenvalue weighted by molar-refractivity contribution is 0.283. The second-order valence-electron chi connectivity index (χ2n) is 14.6. The van der Waals surface area contributed by atoms with Crippen LogP contribution < -0.4 is 0 Å². The second kappa shape index (κ2) is 20.8. The van der Waals surface area contributed by atoms with Crippen molar-refractivity contribution in [3.8, 4) is 5.75 Å². The van der Waals surface area contributed by atoms with Crippen molar-refractivity contribution in [3.63, 3.8) is 0 Å². The molecule has 0 spiro atoms. The van der Waals surface area contributed by atoms with E-state index in [0.717, 1.165) is 19.3 Å². The summed E-state index contributed by atoms with van der Waals surface area (Å²) in [6.07, 6.45) is 30.4. The Morgan fingerprint density at radius 2 is 0.795 bits per heavy atom. The van der Waals surface area contributed by atoms with Crippen molar-refractivity contribution in [3.05, 3.63) is 28.8 Å². The van der Waals surface area contributed by atoms with Crippen molar-refractivity contribution in [2.24, 2.45) is 5.41 Å². The Morgan fingerprint density at radius 1 is 0.487 bits per heavy atom. The Kier molecular flexibility index (Phi) is 19.3. The first-order valence-electron chi connectivity index (χ1n) is 17.5. The Bertz CT molecular complexity index is 678. The Hall–Kier alpha value is -0.980. The summed E-state index contributed by atoms with van der Waals surface area (Å²) in [6, 6.07) is 4.72. The molecule has 0 aliphatic heterocycles. The summed E-state index contributed by atoms with van der Waals surface area (Å²) in [4.78, 5) is 0. The van der Waals surface area contributed by atoms with Crippen LogP contribution in [-0.2, 0) is 18.3 Å². The van der Waals surface area contributed by atoms with Gasteiger partial charge >= 0.3 is 0 Å². The minimum Gasteiger partial charge on any atom is -0.507 e. The maximum Gasteiger partial charge on any atom is 0.121 e. The second-order valence-corrected chi connectivity index (χ2v) is 14.6. The van der Waals surface area contributed by atoms with Gasteiger partial charge in [-0.2, -0.15) is 0 Å². The van der Waals surface area contributed by atoms with E-state index >= 15 is 0 Å². The number of aromatic hydroxyl groups is 1. The van der Waals surface area contributed by atoms with Gasteiger partial charge in [-0.25, -0.2) is 0 Å². The SMILES string of the molecule is CCCCCCCCCCCCc1cc(C(C)(C)CC(C)(C)C)cc(CCCCCCCCCCCC)c1O. The highest BCUT2D eigenvalue weighted by Crippen LogP contribution is 2.39. The van der Waals surface area contributed by atoms with Gasteiger partial charge in [0.1, 0.15) is 5.75 Å². The zero-order valence-electron chi connectivity index (χ0n) is 27.9. The Morgan fingerprint density at radius 3 is 1.10 bits per heavy atom. The highest BCUT2D eigenvalue weighted by molar-refractivity contribution is 5.46. The van der Waals surface area contributed by atoms with Crippen molar-refractivity contribution in [1.29, 1.82) is 0 Å². The van der Waals surface area contributed by atoms with Crippen LogP contribution in [0.2, 0.25) is 0 Å². The van der Waals surface area contributed by atoms with Crippen LogP contribution in [0.3, 0.4) is 0 Å². The molecule has 0 aliphatic rings. The molecule has 0 amide bonds. The molecule has 1 heteroatoms. The number of benzene rings is 1. The lowest BCUT2D eigenvalue weighted by Gasteiger charge is -2.34. The number of phenolic OH excluding ortho intramolecular Hbond substituents is 1. The van der Waals surface area contributed by atoms with Gasteiger partial charge in [0.05, 0.1) is 0 Å². The largest absolute Gasteiger partial charge is 0.507 e. The van der Waals surface area contributed by atoms with Crippen LogP contribution >= 0.6 is 0 Å². The highest BCUT2D eigenvalue weighted by atomic mass is 16.3. The van der Waals surface area contributed by atoms with E-state index in [1.165, 1.54) is 145 Å². The van der Waals surface area contributed by atoms with Gasteiger partial charge in [0.25, 0.3) is 0 Å². The molecule has 228 valence electrons. The van der Waals surface area contributed by atoms with E-state index in [4.69, 9.17) is 0 Å². The van der Waals surface area contributed by atoms with Crippen LogP contribution in [0.5, 0.6) is 5.75 Å². The molecule has 1 N–H and O–H groups in total. The summed E-state index contributed by atoms with van der Waals surface area (Å²) >= 11 is 0. The molecular formula is C38H70O. The number of phenols is 1. The van der Waals surface area contributed by atoms with Crippen LogP contribution in [0.15, 0.2) is 12.1 Å². The normalized spacial score (nSPS) is 12.4. The van der Waals surface area contributed by atoms with Crippen molar-refractivity contribution < 1.29 is 5.11 Å². The number of unbranched alkanes of at least 4 members (excludes halogenated alkanes) is 18. The van der Waals surface area contributed by atoms with Crippen molar-refractivity contribution in [2.75, 3.05) is 0 Å². The van der Waals surface area contributed by atoms with Gasteiger partial charge in [-0.05, 0) is 59.6 Å². The molecule has 1 aromatic carbocycles. The lowest BCUT2D eigenvalue weighted by atomic mass is 9.71. The fourth-order valence-electron chi connectivity index (χ4n) is 6.57. The van der Waals surface area contributed by atoms with Gasteiger partial charge in [0, 0.05) is 0 Å². The van der Waals surface area contributed by atoms with Gasteiger partial charge in [0.2, 0.25) is 0 Å². The monoisotopic (exact) mass is 543 g/mol. The number of hydrogen-bond acceptors (Lipinski definition) is 1. The smallest absolute Gasteiger partial charge is 0.121 e. The predicted octanol–water partition coefficient (Wildman–Crippen LogP) is 13.0. The minimum atomic E-state index is 0.116. The van der Waals surface area contributed by atoms with Crippen LogP contribution in [0.4, 0.5) is 0 Å². The number of rotatable bonds is 24. The number of aryl methyl sites for hydroxylation is 2. The third kappa shape index (κ3) is 17.4. The van der Waals surface area contributed by atoms with Crippen molar-refractivity contribution >= 4 is 0 Å². The van der Waals surface area contributed by atoms with E-state index in [1.807, 2.05) is 0 Å². The summed E-state index contributed by atoms with van der Waals surface area (Å²) in [7, 11) is 0. The standard InChI is InChI=1S/C38H70O/c1-8-10-12-14-16-18-20-22-24-26-28-33-30-35(38(6,7)32-37(3,4)5)31-34(36(33)39)29-27-25-23-21-19-17-15-13-11-9-2/h30-31,39H,8-29,32H2,1-7H3. The molecule has 0 bridgehead atoms. The van der Waals surface area contributed by atoms with E-state index in [0.29, 0.717) is 5.75 Å². The van der Waals surface area contributed by atoms with Gasteiger partial charge in [-0.15, -0.1) is 0 Å². The molecule has 0 saturated carbocycles. The third-order valence-corrected chi connectivity index (χ3v) is 8.62. The van der Waals surface area contributed by atoms with E-state index in [-0.39, 0.29) is 10.8 Å². The summed E-state index contributed by atoms with van der Waals surface area (Å²) in [6.45, 7) is 16.4. The summed E-state index contributed by atoms with van der Waals surface area (Å²) in [5.41, 5.74) is 4.24. The molecule has 39 heavy (non-hydrogen) atoms. The van der Waals surface area contributed by atoms with Crippen LogP contribution in [-0.4, -0.2) is 5.11 Å². The molecule has 0 heterocycles. The fraction of sp³-hybridized carbons (Fsp3) is 0.842. The van der Waals surface area contributed by atoms with E-state index < -0.39 is 0 Å². The maximum absolute atomic E-state index is 11.3. The van der Waals surface area contributed by atoms with Gasteiger partial charge in [-0.3, -0.25) is 0 Å². The molecule has 1 aromatic rings. The van der Waals surface area contributed by atoms with Crippen LogP contribution in [0, 0.1) is 5.41 Å². The average Bonchev–Trinajstić information content (AvgIpc) is 2.86. The zero-order chi connectivity index (χ0) is 29.0. The molecule has 0 aromatic heterocycles. The quantitative estimate of drug-likeness (QED) is 0.129. The van der Waals surface area contributed by atoms with Crippen LogP contribution in [0.1, 0.15) is 200 Å². The first-order chi connectivity index (χ1) is 18.6. The van der Waals surface area contributed by atoms with E-state index in [1.54, 1.807) is 0 Å². The lowest BCUT2D eigenvalue weighted by Crippen LogP contribution is -2.25.